The highest BCUT2D eigenvalue weighted by Crippen LogP contribution is 2.32. The zero-order valence-corrected chi connectivity index (χ0v) is 19.5. The van der Waals surface area contributed by atoms with E-state index in [-0.39, 0.29) is 33.6 Å². The Hall–Kier alpha value is -2.13. The maximum Gasteiger partial charge on any atom is 0.433 e. The number of carbonyl (C=O) groups excluding carboxylic acids is 1. The van der Waals surface area contributed by atoms with Gasteiger partial charge in [0.1, 0.15) is 22.1 Å². The van der Waals surface area contributed by atoms with E-state index in [1.165, 1.54) is 23.9 Å². The van der Waals surface area contributed by atoms with Crippen LogP contribution in [-0.4, -0.2) is 51.2 Å². The van der Waals surface area contributed by atoms with E-state index in [2.05, 4.69) is 41.1 Å². The molecule has 1 aliphatic rings. The third kappa shape index (κ3) is 6.01. The molecule has 1 aliphatic heterocycles. The lowest BCUT2D eigenvalue weighted by atomic mass is 9.91. The Kier molecular flexibility index (Phi) is 7.19. The van der Waals surface area contributed by atoms with Crippen LogP contribution in [0, 0.1) is 5.41 Å². The molecule has 0 atom stereocenters. The van der Waals surface area contributed by atoms with Crippen LogP contribution in [0.1, 0.15) is 56.1 Å². The summed E-state index contributed by atoms with van der Waals surface area (Å²) in [5.74, 6) is -0.453. The minimum atomic E-state index is -4.60. The second kappa shape index (κ2) is 9.39. The summed E-state index contributed by atoms with van der Waals surface area (Å²) < 4.78 is 40.5. The molecule has 1 saturated heterocycles. The molecule has 1 amide bonds. The van der Waals surface area contributed by atoms with Gasteiger partial charge in [-0.25, -0.2) is 4.98 Å². The van der Waals surface area contributed by atoms with Gasteiger partial charge in [-0.3, -0.25) is 9.48 Å². The van der Waals surface area contributed by atoms with Crippen LogP contribution in [0.5, 0.6) is 0 Å². The van der Waals surface area contributed by atoms with E-state index >= 15 is 0 Å². The van der Waals surface area contributed by atoms with Crippen LogP contribution in [0.15, 0.2) is 18.2 Å². The fourth-order valence-electron chi connectivity index (χ4n) is 3.66. The number of rotatable bonds is 5. The maximum absolute atomic E-state index is 13.1. The molecule has 0 bridgehead atoms. The molecule has 1 fully saturated rings. The lowest BCUT2D eigenvalue weighted by Crippen LogP contribution is -2.45. The number of amides is 1. The van der Waals surface area contributed by atoms with E-state index in [9.17, 15) is 18.0 Å². The van der Waals surface area contributed by atoms with Crippen molar-refractivity contribution in [1.29, 1.82) is 0 Å². The smallest absolute Gasteiger partial charge is 0.349 e. The first-order chi connectivity index (χ1) is 14.8. The van der Waals surface area contributed by atoms with E-state index in [4.69, 9.17) is 11.6 Å². The predicted octanol–water partition coefficient (Wildman–Crippen LogP) is 4.78. The van der Waals surface area contributed by atoms with Crippen LogP contribution in [0.25, 0.3) is 11.4 Å². The number of piperidine rings is 1. The number of hydrogen-bond donors (Lipinski definition) is 1. The zero-order valence-electron chi connectivity index (χ0n) is 18.8. The number of halogens is 4. The highest BCUT2D eigenvalue weighted by atomic mass is 35.5. The molecule has 0 unspecified atom stereocenters. The van der Waals surface area contributed by atoms with Crippen molar-refractivity contribution in [2.75, 3.05) is 19.6 Å². The Morgan fingerprint density at radius 3 is 2.47 bits per heavy atom. The van der Waals surface area contributed by atoms with Gasteiger partial charge < -0.3 is 10.2 Å². The van der Waals surface area contributed by atoms with Crippen LogP contribution in [-0.2, 0) is 13.2 Å². The minimum Gasteiger partial charge on any atom is -0.349 e. The van der Waals surface area contributed by atoms with Gasteiger partial charge in [0.15, 0.2) is 0 Å². The first kappa shape index (κ1) is 24.5. The summed E-state index contributed by atoms with van der Waals surface area (Å²) in [6, 6.07) is 3.47. The van der Waals surface area contributed by atoms with E-state index in [1.54, 1.807) is 0 Å². The molecule has 1 N–H and O–H groups in total. The Labute approximate surface area is 191 Å². The number of aromatic nitrogens is 3. The Morgan fingerprint density at radius 2 is 1.88 bits per heavy atom. The molecule has 6 nitrogen and oxygen atoms in total. The van der Waals surface area contributed by atoms with Gasteiger partial charge in [-0.15, -0.1) is 0 Å². The Bertz CT molecular complexity index is 959. The topological polar surface area (TPSA) is 63.1 Å². The molecule has 3 rings (SSSR count). The molecule has 0 aliphatic carbocycles. The van der Waals surface area contributed by atoms with Crippen LogP contribution < -0.4 is 5.32 Å². The van der Waals surface area contributed by atoms with Gasteiger partial charge in [0.2, 0.25) is 0 Å². The van der Waals surface area contributed by atoms with Crippen molar-refractivity contribution in [1.82, 2.24) is 25.0 Å². The highest BCUT2D eigenvalue weighted by Gasteiger charge is 2.34. The first-order valence-corrected chi connectivity index (χ1v) is 11.0. The van der Waals surface area contributed by atoms with Crippen molar-refractivity contribution in [2.24, 2.45) is 12.5 Å². The molecule has 32 heavy (non-hydrogen) atoms. The lowest BCUT2D eigenvalue weighted by molar-refractivity contribution is -0.141. The summed E-state index contributed by atoms with van der Waals surface area (Å²) in [6.07, 6.45) is -1.91. The molecule has 10 heteroatoms. The quantitative estimate of drug-likeness (QED) is 0.681. The summed E-state index contributed by atoms with van der Waals surface area (Å²) in [7, 11) is 1.53. The molecule has 0 aromatic carbocycles. The standard InChI is InChI=1S/C22H29ClF3N5O/c1-21(2,3)10-13-31-11-8-14(9-12-31)27-20(32)17-18(29-30(4)19(17)23)15-6-5-7-16(28-15)22(24,25)26/h5-7,14H,8-13H2,1-4H3,(H,27,32). The third-order valence-corrected chi connectivity index (χ3v) is 6.02. The van der Waals surface area contributed by atoms with Crippen molar-refractivity contribution in [2.45, 2.75) is 52.3 Å². The number of aryl methyl sites for hydroxylation is 1. The summed E-state index contributed by atoms with van der Waals surface area (Å²) in [6.45, 7) is 9.43. The first-order valence-electron chi connectivity index (χ1n) is 10.7. The molecule has 2 aromatic rings. The van der Waals surface area contributed by atoms with Crippen molar-refractivity contribution >= 4 is 17.5 Å². The molecule has 0 radical (unpaired) electrons. The number of alkyl halides is 3. The molecule has 2 aromatic heterocycles. The SMILES string of the molecule is Cn1nc(-c2cccc(C(F)(F)F)n2)c(C(=O)NC2CCN(CCC(C)(C)C)CC2)c1Cl. The van der Waals surface area contributed by atoms with Crippen molar-refractivity contribution in [3.8, 4) is 11.4 Å². The number of pyridine rings is 1. The van der Waals surface area contributed by atoms with Gasteiger partial charge in [0, 0.05) is 26.2 Å². The number of likely N-dealkylation sites (tertiary alicyclic amines) is 1. The van der Waals surface area contributed by atoms with Gasteiger partial charge in [-0.2, -0.15) is 18.3 Å². The van der Waals surface area contributed by atoms with Crippen molar-refractivity contribution < 1.29 is 18.0 Å². The van der Waals surface area contributed by atoms with Crippen molar-refractivity contribution in [3.63, 3.8) is 0 Å². The monoisotopic (exact) mass is 471 g/mol. The van der Waals surface area contributed by atoms with Gasteiger partial charge >= 0.3 is 6.18 Å². The average molecular weight is 472 g/mol. The second-order valence-corrected chi connectivity index (χ2v) is 9.80. The van der Waals surface area contributed by atoms with E-state index in [0.29, 0.717) is 0 Å². The minimum absolute atomic E-state index is 0.0312. The number of nitrogens with one attached hydrogen (secondary N) is 1. The summed E-state index contributed by atoms with van der Waals surface area (Å²) >= 11 is 6.29. The summed E-state index contributed by atoms with van der Waals surface area (Å²) in [5, 5.41) is 7.20. The number of hydrogen-bond acceptors (Lipinski definition) is 4. The average Bonchev–Trinajstić information content (AvgIpc) is 3.01. The fraction of sp³-hybridized carbons (Fsp3) is 0.591. The summed E-state index contributed by atoms with van der Waals surface area (Å²) in [4.78, 5) is 19.1. The van der Waals surface area contributed by atoms with Crippen LogP contribution in [0.2, 0.25) is 5.15 Å². The predicted molar refractivity (Wildman–Crippen MR) is 117 cm³/mol. The molecular formula is C22H29ClF3N5O. The second-order valence-electron chi connectivity index (χ2n) is 9.44. The molecule has 3 heterocycles. The summed E-state index contributed by atoms with van der Waals surface area (Å²) in [5.41, 5.74) is -0.759. The molecular weight excluding hydrogens is 443 g/mol. The zero-order chi connectivity index (χ0) is 23.7. The molecule has 0 spiro atoms. The van der Waals surface area contributed by atoms with Gasteiger partial charge in [-0.1, -0.05) is 38.4 Å². The Morgan fingerprint density at radius 1 is 1.22 bits per heavy atom. The Balaban J connectivity index is 1.72. The van der Waals surface area contributed by atoms with Gasteiger partial charge in [-0.05, 0) is 43.4 Å². The normalized spacial score (nSPS) is 16.4. The van der Waals surface area contributed by atoms with E-state index in [1.807, 2.05) is 0 Å². The van der Waals surface area contributed by atoms with E-state index in [0.717, 1.165) is 45.0 Å². The highest BCUT2D eigenvalue weighted by molar-refractivity contribution is 6.33. The van der Waals surface area contributed by atoms with Crippen LogP contribution in [0.4, 0.5) is 13.2 Å². The van der Waals surface area contributed by atoms with Gasteiger partial charge in [0.25, 0.3) is 5.91 Å². The lowest BCUT2D eigenvalue weighted by Gasteiger charge is -2.34. The molecule has 176 valence electrons. The maximum atomic E-state index is 13.1. The van der Waals surface area contributed by atoms with Gasteiger partial charge in [0.05, 0.1) is 5.69 Å². The van der Waals surface area contributed by atoms with Crippen LogP contribution >= 0.6 is 11.6 Å². The number of carbonyl (C=O) groups is 1. The largest absolute Gasteiger partial charge is 0.433 e. The van der Waals surface area contributed by atoms with Crippen molar-refractivity contribution in [3.05, 3.63) is 34.6 Å². The molecule has 0 saturated carbocycles. The third-order valence-electron chi connectivity index (χ3n) is 5.59. The fourth-order valence-corrected chi connectivity index (χ4v) is 3.87. The van der Waals surface area contributed by atoms with Crippen LogP contribution in [0.3, 0.4) is 0 Å². The number of nitrogens with zero attached hydrogens (tertiary/aromatic N) is 4. The van der Waals surface area contributed by atoms with E-state index < -0.39 is 17.8 Å².